The van der Waals surface area contributed by atoms with Crippen molar-refractivity contribution in [1.29, 1.82) is 0 Å². The highest BCUT2D eigenvalue weighted by Crippen LogP contribution is 2.37. The molecule has 2 rings (SSSR count). The summed E-state index contributed by atoms with van der Waals surface area (Å²) in [6.07, 6.45) is -3.64. The molecule has 0 aliphatic rings. The van der Waals surface area contributed by atoms with Crippen molar-refractivity contribution >= 4 is 17.0 Å². The van der Waals surface area contributed by atoms with Crippen LogP contribution >= 0.6 is 11.3 Å². The van der Waals surface area contributed by atoms with E-state index in [2.05, 4.69) is 4.98 Å². The Morgan fingerprint density at radius 3 is 2.61 bits per heavy atom. The zero-order valence-electron chi connectivity index (χ0n) is 9.28. The number of nitrogens with two attached hydrogens (primary N) is 1. The maximum absolute atomic E-state index is 12.4. The average molecular weight is 274 g/mol. The molecular weight excluding hydrogens is 265 g/mol. The fourth-order valence-electron chi connectivity index (χ4n) is 1.32. The third-order valence-electron chi connectivity index (χ3n) is 2.16. The van der Waals surface area contributed by atoms with Gasteiger partial charge in [0.25, 0.3) is 5.19 Å². The molecule has 0 aliphatic carbocycles. The molecular formula is C11H9F3N2OS. The van der Waals surface area contributed by atoms with E-state index in [1.54, 1.807) is 25.1 Å². The molecule has 2 aromatic rings. The first-order chi connectivity index (χ1) is 8.36. The summed E-state index contributed by atoms with van der Waals surface area (Å²) in [7, 11) is 0. The van der Waals surface area contributed by atoms with E-state index in [1.165, 1.54) is 0 Å². The second-order valence-electron chi connectivity index (χ2n) is 3.62. The van der Waals surface area contributed by atoms with Crippen LogP contribution in [0.4, 0.5) is 18.9 Å². The summed E-state index contributed by atoms with van der Waals surface area (Å²) in [5.41, 5.74) is 6.86. The zero-order chi connectivity index (χ0) is 13.3. The molecule has 1 aromatic carbocycles. The van der Waals surface area contributed by atoms with Crippen LogP contribution in [0, 0.1) is 6.92 Å². The molecule has 0 spiro atoms. The van der Waals surface area contributed by atoms with Crippen molar-refractivity contribution in [2.75, 3.05) is 5.73 Å². The Bertz CT molecular complexity index is 566. The fraction of sp³-hybridized carbons (Fsp3) is 0.182. The normalized spacial score (nSPS) is 11.6. The van der Waals surface area contributed by atoms with Gasteiger partial charge in [-0.15, -0.1) is 0 Å². The lowest BCUT2D eigenvalue weighted by Crippen LogP contribution is -2.00. The van der Waals surface area contributed by atoms with Crippen LogP contribution in [0.25, 0.3) is 0 Å². The Labute approximate surface area is 105 Å². The topological polar surface area (TPSA) is 48.1 Å². The van der Waals surface area contributed by atoms with E-state index in [0.29, 0.717) is 22.8 Å². The molecule has 0 fully saturated rings. The van der Waals surface area contributed by atoms with Gasteiger partial charge in [-0.25, -0.2) is 4.98 Å². The number of nitrogens with zero attached hydrogens (tertiary/aromatic N) is 1. The lowest BCUT2D eigenvalue weighted by atomic mass is 10.2. The summed E-state index contributed by atoms with van der Waals surface area (Å²) >= 11 is 0.458. The van der Waals surface area contributed by atoms with Gasteiger partial charge in [0.05, 0.1) is 6.20 Å². The van der Waals surface area contributed by atoms with Crippen LogP contribution in [0.3, 0.4) is 0 Å². The monoisotopic (exact) mass is 274 g/mol. The predicted molar refractivity (Wildman–Crippen MR) is 62.8 cm³/mol. The molecule has 0 radical (unpaired) electrons. The molecule has 0 bridgehead atoms. The van der Waals surface area contributed by atoms with Gasteiger partial charge in [0, 0.05) is 5.69 Å². The number of ether oxygens (including phenoxy) is 1. The zero-order valence-corrected chi connectivity index (χ0v) is 10.1. The minimum atomic E-state index is -4.39. The molecule has 18 heavy (non-hydrogen) atoms. The molecule has 0 amide bonds. The number of benzene rings is 1. The summed E-state index contributed by atoms with van der Waals surface area (Å²) < 4.78 is 42.4. The minimum Gasteiger partial charge on any atom is -0.431 e. The van der Waals surface area contributed by atoms with E-state index in [-0.39, 0.29) is 5.19 Å². The Kier molecular flexibility index (Phi) is 3.16. The van der Waals surface area contributed by atoms with Crippen molar-refractivity contribution in [2.24, 2.45) is 0 Å². The van der Waals surface area contributed by atoms with Gasteiger partial charge in [0.15, 0.2) is 0 Å². The van der Waals surface area contributed by atoms with Crippen LogP contribution in [0.5, 0.6) is 10.9 Å². The number of hydrogen-bond acceptors (Lipinski definition) is 4. The summed E-state index contributed by atoms with van der Waals surface area (Å²) in [6.45, 7) is 1.75. The van der Waals surface area contributed by atoms with Crippen molar-refractivity contribution in [1.82, 2.24) is 4.98 Å². The van der Waals surface area contributed by atoms with Gasteiger partial charge in [-0.2, -0.15) is 13.2 Å². The first kappa shape index (κ1) is 12.7. The molecule has 96 valence electrons. The van der Waals surface area contributed by atoms with E-state index in [1.807, 2.05) is 0 Å². The number of aromatic nitrogens is 1. The number of anilines is 1. The number of hydrogen-bond donors (Lipinski definition) is 1. The largest absolute Gasteiger partial charge is 0.431 e. The van der Waals surface area contributed by atoms with E-state index in [0.717, 1.165) is 11.8 Å². The van der Waals surface area contributed by atoms with Crippen LogP contribution in [0.2, 0.25) is 0 Å². The molecule has 7 heteroatoms. The second-order valence-corrected chi connectivity index (χ2v) is 4.61. The number of rotatable bonds is 2. The Morgan fingerprint density at radius 1 is 1.33 bits per heavy atom. The fourth-order valence-corrected chi connectivity index (χ4v) is 1.96. The Balaban J connectivity index is 2.21. The van der Waals surface area contributed by atoms with E-state index >= 15 is 0 Å². The summed E-state index contributed by atoms with van der Waals surface area (Å²) in [5.74, 6) is 0.437. The van der Waals surface area contributed by atoms with Gasteiger partial charge in [-0.1, -0.05) is 11.3 Å². The smallest absolute Gasteiger partial charge is 0.427 e. The highest BCUT2D eigenvalue weighted by atomic mass is 32.1. The standard InChI is InChI=1S/C11H9F3N2OS/c1-6-4-7(15)2-3-8(6)17-10-16-5-9(18-10)11(12,13)14/h2-5H,15H2,1H3. The number of alkyl halides is 3. The van der Waals surface area contributed by atoms with E-state index in [4.69, 9.17) is 10.5 Å². The molecule has 1 heterocycles. The highest BCUT2D eigenvalue weighted by Gasteiger charge is 2.33. The molecule has 2 N–H and O–H groups in total. The molecule has 3 nitrogen and oxygen atoms in total. The van der Waals surface area contributed by atoms with Gasteiger partial charge in [-0.3, -0.25) is 0 Å². The first-order valence-corrected chi connectivity index (χ1v) is 5.75. The van der Waals surface area contributed by atoms with Crippen LogP contribution in [-0.4, -0.2) is 4.98 Å². The predicted octanol–water partition coefficient (Wildman–Crippen LogP) is 3.84. The van der Waals surface area contributed by atoms with Gasteiger partial charge in [0.2, 0.25) is 0 Å². The van der Waals surface area contributed by atoms with Crippen LogP contribution < -0.4 is 10.5 Å². The molecule has 0 aliphatic heterocycles. The third-order valence-corrected chi connectivity index (χ3v) is 3.08. The first-order valence-electron chi connectivity index (χ1n) is 4.93. The van der Waals surface area contributed by atoms with Gasteiger partial charge in [0.1, 0.15) is 10.6 Å². The van der Waals surface area contributed by atoms with Gasteiger partial charge < -0.3 is 10.5 Å². The third kappa shape index (κ3) is 2.73. The minimum absolute atomic E-state index is 0.0461. The van der Waals surface area contributed by atoms with Gasteiger partial charge in [-0.05, 0) is 30.7 Å². The van der Waals surface area contributed by atoms with E-state index in [9.17, 15) is 13.2 Å². The lowest BCUT2D eigenvalue weighted by Gasteiger charge is -2.06. The van der Waals surface area contributed by atoms with Gasteiger partial charge >= 0.3 is 6.18 Å². The molecule has 0 atom stereocenters. The van der Waals surface area contributed by atoms with E-state index < -0.39 is 11.1 Å². The number of thiazole rings is 1. The molecule has 0 unspecified atom stereocenters. The number of aryl methyl sites for hydroxylation is 1. The van der Waals surface area contributed by atoms with Crippen LogP contribution in [-0.2, 0) is 6.18 Å². The Morgan fingerprint density at radius 2 is 2.06 bits per heavy atom. The number of halogens is 3. The Hall–Kier alpha value is -1.76. The summed E-state index contributed by atoms with van der Waals surface area (Å²) in [6, 6.07) is 4.88. The van der Waals surface area contributed by atoms with Crippen molar-refractivity contribution in [3.63, 3.8) is 0 Å². The average Bonchev–Trinajstić information content (AvgIpc) is 2.70. The molecule has 1 aromatic heterocycles. The maximum Gasteiger partial charge on any atom is 0.427 e. The number of nitrogen functional groups attached to an aromatic ring is 1. The van der Waals surface area contributed by atoms with Crippen LogP contribution in [0.1, 0.15) is 10.4 Å². The maximum atomic E-state index is 12.4. The SMILES string of the molecule is Cc1cc(N)ccc1Oc1ncc(C(F)(F)F)s1. The summed E-state index contributed by atoms with van der Waals surface area (Å²) in [5, 5.41) is -0.0461. The van der Waals surface area contributed by atoms with Crippen LogP contribution in [0.15, 0.2) is 24.4 Å². The van der Waals surface area contributed by atoms with Crippen molar-refractivity contribution in [3.8, 4) is 10.9 Å². The molecule has 0 saturated carbocycles. The quantitative estimate of drug-likeness (QED) is 0.846. The molecule has 0 saturated heterocycles. The summed E-state index contributed by atoms with van der Waals surface area (Å²) in [4.78, 5) is 2.80. The lowest BCUT2D eigenvalue weighted by molar-refractivity contribution is -0.134. The van der Waals surface area contributed by atoms with Crippen molar-refractivity contribution < 1.29 is 17.9 Å². The second kappa shape index (κ2) is 4.49. The highest BCUT2D eigenvalue weighted by molar-refractivity contribution is 7.13. The van der Waals surface area contributed by atoms with Crippen molar-refractivity contribution in [3.05, 3.63) is 34.8 Å². The van der Waals surface area contributed by atoms with Crippen molar-refractivity contribution in [2.45, 2.75) is 13.1 Å².